The fourth-order valence-electron chi connectivity index (χ4n) is 2.56. The molecule has 0 bridgehead atoms. The molecule has 5 nitrogen and oxygen atoms in total. The Bertz CT molecular complexity index is 673. The smallest absolute Gasteiger partial charge is 0.255 e. The Morgan fingerprint density at radius 3 is 2.73 bits per heavy atom. The molecule has 0 aromatic carbocycles. The summed E-state index contributed by atoms with van der Waals surface area (Å²) in [6, 6.07) is 6.21. The molecule has 3 rings (SSSR count). The van der Waals surface area contributed by atoms with Gasteiger partial charge in [-0.15, -0.1) is 0 Å². The van der Waals surface area contributed by atoms with E-state index in [1.54, 1.807) is 17.1 Å². The Balaban J connectivity index is 1.77. The first kappa shape index (κ1) is 14.8. The van der Waals surface area contributed by atoms with Crippen molar-refractivity contribution < 1.29 is 4.79 Å². The SMILES string of the molecule is Cc1cccc([C@@H](NC(=O)c2cnn(C(C)C)c2)C2CC2)n1. The van der Waals surface area contributed by atoms with Gasteiger partial charge in [-0.25, -0.2) is 0 Å². The van der Waals surface area contributed by atoms with Crippen LogP contribution in [0.3, 0.4) is 0 Å². The zero-order valence-electron chi connectivity index (χ0n) is 13.3. The number of carbonyl (C=O) groups is 1. The number of aromatic nitrogens is 3. The van der Waals surface area contributed by atoms with Crippen molar-refractivity contribution in [3.63, 3.8) is 0 Å². The second-order valence-electron chi connectivity index (χ2n) is 6.30. The zero-order chi connectivity index (χ0) is 15.7. The predicted octanol–water partition coefficient (Wildman–Crippen LogP) is 3.05. The molecular weight excluding hydrogens is 276 g/mol. The normalized spacial score (nSPS) is 15.8. The molecule has 1 aliphatic rings. The van der Waals surface area contributed by atoms with Crippen molar-refractivity contribution >= 4 is 5.91 Å². The highest BCUT2D eigenvalue weighted by molar-refractivity contribution is 5.94. The van der Waals surface area contributed by atoms with Crippen LogP contribution in [0.25, 0.3) is 0 Å². The molecule has 0 saturated heterocycles. The van der Waals surface area contributed by atoms with Crippen LogP contribution in [0.4, 0.5) is 0 Å². The van der Waals surface area contributed by atoms with Crippen LogP contribution in [-0.2, 0) is 0 Å². The molecule has 1 aliphatic carbocycles. The summed E-state index contributed by atoms with van der Waals surface area (Å²) < 4.78 is 1.80. The summed E-state index contributed by atoms with van der Waals surface area (Å²) in [5, 5.41) is 7.37. The summed E-state index contributed by atoms with van der Waals surface area (Å²) in [4.78, 5) is 17.1. The van der Waals surface area contributed by atoms with Gasteiger partial charge in [-0.2, -0.15) is 5.10 Å². The summed E-state index contributed by atoms with van der Waals surface area (Å²) in [7, 11) is 0. The van der Waals surface area contributed by atoms with Gasteiger partial charge in [0.25, 0.3) is 5.91 Å². The standard InChI is InChI=1S/C17H22N4O/c1-11(2)21-10-14(9-18-21)17(22)20-16(13-7-8-13)15-6-4-5-12(3)19-15/h4-6,9-11,13,16H,7-8H2,1-3H3,(H,20,22)/t16-/m0/s1. The lowest BCUT2D eigenvalue weighted by Crippen LogP contribution is -2.30. The Hall–Kier alpha value is -2.17. The van der Waals surface area contributed by atoms with Gasteiger partial charge in [0.15, 0.2) is 0 Å². The van der Waals surface area contributed by atoms with Crippen LogP contribution in [0.2, 0.25) is 0 Å². The highest BCUT2D eigenvalue weighted by Gasteiger charge is 2.34. The summed E-state index contributed by atoms with van der Waals surface area (Å²) in [5.41, 5.74) is 2.53. The van der Waals surface area contributed by atoms with Crippen LogP contribution < -0.4 is 5.32 Å². The van der Waals surface area contributed by atoms with Gasteiger partial charge in [0.05, 0.1) is 23.5 Å². The molecule has 116 valence electrons. The fourth-order valence-corrected chi connectivity index (χ4v) is 2.56. The van der Waals surface area contributed by atoms with E-state index in [4.69, 9.17) is 0 Å². The van der Waals surface area contributed by atoms with Gasteiger partial charge in [-0.05, 0) is 51.7 Å². The van der Waals surface area contributed by atoms with Crippen molar-refractivity contribution in [1.29, 1.82) is 0 Å². The van der Waals surface area contributed by atoms with Crippen LogP contribution >= 0.6 is 0 Å². The second-order valence-corrected chi connectivity index (χ2v) is 6.30. The van der Waals surface area contributed by atoms with Gasteiger partial charge in [0.2, 0.25) is 0 Å². The van der Waals surface area contributed by atoms with Crippen molar-refractivity contribution in [3.05, 3.63) is 47.5 Å². The van der Waals surface area contributed by atoms with E-state index in [0.717, 1.165) is 24.2 Å². The monoisotopic (exact) mass is 298 g/mol. The van der Waals surface area contributed by atoms with Gasteiger partial charge in [-0.1, -0.05) is 6.07 Å². The number of amides is 1. The van der Waals surface area contributed by atoms with Crippen molar-refractivity contribution in [2.75, 3.05) is 0 Å². The molecule has 1 amide bonds. The third-order valence-electron chi connectivity index (χ3n) is 4.00. The van der Waals surface area contributed by atoms with Crippen molar-refractivity contribution in [3.8, 4) is 0 Å². The molecule has 2 heterocycles. The lowest BCUT2D eigenvalue weighted by molar-refractivity contribution is 0.0930. The number of rotatable bonds is 5. The molecule has 22 heavy (non-hydrogen) atoms. The Morgan fingerprint density at radius 2 is 2.14 bits per heavy atom. The molecule has 2 aromatic heterocycles. The number of aryl methyl sites for hydroxylation is 1. The summed E-state index contributed by atoms with van der Waals surface area (Å²) in [6.07, 6.45) is 5.72. The molecule has 0 spiro atoms. The first-order chi connectivity index (χ1) is 10.5. The summed E-state index contributed by atoms with van der Waals surface area (Å²) >= 11 is 0. The van der Waals surface area contributed by atoms with Gasteiger partial charge in [0, 0.05) is 17.9 Å². The lowest BCUT2D eigenvalue weighted by atomic mass is 10.1. The number of hydrogen-bond acceptors (Lipinski definition) is 3. The summed E-state index contributed by atoms with van der Waals surface area (Å²) in [5.74, 6) is 0.422. The Morgan fingerprint density at radius 1 is 1.36 bits per heavy atom. The van der Waals surface area contributed by atoms with Crippen LogP contribution in [0.5, 0.6) is 0 Å². The lowest BCUT2D eigenvalue weighted by Gasteiger charge is -2.17. The minimum atomic E-state index is -0.0768. The topological polar surface area (TPSA) is 59.8 Å². The van der Waals surface area contributed by atoms with Crippen LogP contribution in [0.1, 0.15) is 60.5 Å². The quantitative estimate of drug-likeness (QED) is 0.923. The molecule has 1 fully saturated rings. The first-order valence-corrected chi connectivity index (χ1v) is 7.83. The molecule has 0 unspecified atom stereocenters. The maximum absolute atomic E-state index is 12.5. The molecule has 1 saturated carbocycles. The summed E-state index contributed by atoms with van der Waals surface area (Å²) in [6.45, 7) is 6.05. The maximum Gasteiger partial charge on any atom is 0.255 e. The van der Waals surface area contributed by atoms with E-state index in [2.05, 4.69) is 15.4 Å². The fraction of sp³-hybridized carbons (Fsp3) is 0.471. The van der Waals surface area contributed by atoms with E-state index in [1.807, 2.05) is 39.0 Å². The van der Waals surface area contributed by atoms with E-state index >= 15 is 0 Å². The number of nitrogens with one attached hydrogen (secondary N) is 1. The average Bonchev–Trinajstić information content (AvgIpc) is 3.19. The highest BCUT2D eigenvalue weighted by atomic mass is 16.1. The highest BCUT2D eigenvalue weighted by Crippen LogP contribution is 2.40. The average molecular weight is 298 g/mol. The molecule has 0 aliphatic heterocycles. The molecular formula is C17H22N4O. The van der Waals surface area contributed by atoms with Crippen molar-refractivity contribution in [2.24, 2.45) is 5.92 Å². The van der Waals surface area contributed by atoms with E-state index < -0.39 is 0 Å². The Kier molecular flexibility index (Phi) is 3.96. The largest absolute Gasteiger partial charge is 0.343 e. The molecule has 1 atom stereocenters. The van der Waals surface area contributed by atoms with Crippen LogP contribution in [0, 0.1) is 12.8 Å². The molecule has 0 radical (unpaired) electrons. The molecule has 5 heteroatoms. The number of hydrogen-bond donors (Lipinski definition) is 1. The van der Waals surface area contributed by atoms with Crippen molar-refractivity contribution in [1.82, 2.24) is 20.1 Å². The minimum Gasteiger partial charge on any atom is -0.343 e. The van der Waals surface area contributed by atoms with E-state index in [-0.39, 0.29) is 18.0 Å². The van der Waals surface area contributed by atoms with Gasteiger partial charge < -0.3 is 5.32 Å². The van der Waals surface area contributed by atoms with Gasteiger partial charge in [0.1, 0.15) is 0 Å². The van der Waals surface area contributed by atoms with Crippen LogP contribution in [0.15, 0.2) is 30.6 Å². The van der Waals surface area contributed by atoms with E-state index in [9.17, 15) is 4.79 Å². The van der Waals surface area contributed by atoms with E-state index in [1.165, 1.54) is 0 Å². The minimum absolute atomic E-state index is 0.00481. The number of nitrogens with zero attached hydrogens (tertiary/aromatic N) is 3. The predicted molar refractivity (Wildman–Crippen MR) is 84.5 cm³/mol. The number of pyridine rings is 1. The first-order valence-electron chi connectivity index (χ1n) is 7.83. The second kappa shape index (κ2) is 5.91. The van der Waals surface area contributed by atoms with Gasteiger partial charge in [-0.3, -0.25) is 14.5 Å². The third kappa shape index (κ3) is 3.18. The van der Waals surface area contributed by atoms with E-state index in [0.29, 0.717) is 11.5 Å². The van der Waals surface area contributed by atoms with Gasteiger partial charge >= 0.3 is 0 Å². The van der Waals surface area contributed by atoms with Crippen LogP contribution in [-0.4, -0.2) is 20.7 Å². The third-order valence-corrected chi connectivity index (χ3v) is 4.00. The Labute approximate surface area is 130 Å². The zero-order valence-corrected chi connectivity index (χ0v) is 13.3. The molecule has 2 aromatic rings. The number of carbonyl (C=O) groups excluding carboxylic acids is 1. The maximum atomic E-state index is 12.5. The van der Waals surface area contributed by atoms with Crippen molar-refractivity contribution in [2.45, 2.75) is 45.7 Å². The molecule has 1 N–H and O–H groups in total.